The van der Waals surface area contributed by atoms with Gasteiger partial charge in [0.05, 0.1) is 5.69 Å². The quantitative estimate of drug-likeness (QED) is 0.886. The summed E-state index contributed by atoms with van der Waals surface area (Å²) in [5.41, 5.74) is 1.02. The summed E-state index contributed by atoms with van der Waals surface area (Å²) in [6.45, 7) is 5.08. The Morgan fingerprint density at radius 2 is 2.12 bits per heavy atom. The van der Waals surface area contributed by atoms with Crippen LogP contribution in [0.15, 0.2) is 12.1 Å². The number of nitrogens with one attached hydrogen (secondary N) is 1. The van der Waals surface area contributed by atoms with E-state index in [1.165, 1.54) is 24.4 Å². The van der Waals surface area contributed by atoms with Gasteiger partial charge < -0.3 is 9.80 Å². The van der Waals surface area contributed by atoms with Crippen molar-refractivity contribution in [2.45, 2.75) is 38.5 Å². The van der Waals surface area contributed by atoms with Crippen LogP contribution in [0.2, 0.25) is 0 Å². The van der Waals surface area contributed by atoms with Crippen molar-refractivity contribution in [2.75, 3.05) is 36.4 Å². The number of carbonyl (C=O) groups excluding carboxylic acids is 1. The smallest absolute Gasteiger partial charge is 0.323 e. The molecule has 9 heteroatoms. The summed E-state index contributed by atoms with van der Waals surface area (Å²) in [5, 5.41) is 12.2. The van der Waals surface area contributed by atoms with Gasteiger partial charge in [0.2, 0.25) is 5.13 Å². The molecular weight excluding hydrogens is 350 g/mol. The van der Waals surface area contributed by atoms with Crippen LogP contribution in [-0.2, 0) is 6.42 Å². The molecule has 2 amide bonds. The Morgan fingerprint density at radius 1 is 1.23 bits per heavy atom. The molecule has 1 saturated carbocycles. The van der Waals surface area contributed by atoms with Crippen molar-refractivity contribution in [2.24, 2.45) is 0 Å². The van der Waals surface area contributed by atoms with E-state index in [0.717, 1.165) is 49.1 Å². The standard InChI is InChI=1S/C17H23N7OS/c1-2-14-19-17(26-22-14)24-9-3-8-23(10-11-24)16(25)18-15-7-6-13(20-21-15)12-4-5-12/h6-7,12H,2-5,8-11H2,1H3,(H,18,21,25). The molecule has 0 atom stereocenters. The predicted molar refractivity (Wildman–Crippen MR) is 101 cm³/mol. The molecule has 0 spiro atoms. The lowest BCUT2D eigenvalue weighted by molar-refractivity contribution is 0.215. The Hall–Kier alpha value is -2.29. The van der Waals surface area contributed by atoms with Crippen LogP contribution in [0.4, 0.5) is 15.7 Å². The molecule has 2 aromatic heterocycles. The molecule has 3 heterocycles. The zero-order chi connectivity index (χ0) is 17.9. The summed E-state index contributed by atoms with van der Waals surface area (Å²) in [4.78, 5) is 21.2. The summed E-state index contributed by atoms with van der Waals surface area (Å²) >= 11 is 1.44. The highest BCUT2D eigenvalue weighted by Crippen LogP contribution is 2.38. The van der Waals surface area contributed by atoms with Crippen molar-refractivity contribution in [1.29, 1.82) is 0 Å². The lowest BCUT2D eigenvalue weighted by atomic mass is 10.3. The summed E-state index contributed by atoms with van der Waals surface area (Å²) in [5.74, 6) is 1.96. The summed E-state index contributed by atoms with van der Waals surface area (Å²) < 4.78 is 4.36. The number of urea groups is 1. The van der Waals surface area contributed by atoms with Crippen molar-refractivity contribution in [3.63, 3.8) is 0 Å². The third kappa shape index (κ3) is 3.92. The van der Waals surface area contributed by atoms with Crippen molar-refractivity contribution < 1.29 is 4.79 Å². The number of carbonyl (C=O) groups is 1. The second-order valence-corrected chi connectivity index (χ2v) is 7.45. The van der Waals surface area contributed by atoms with Gasteiger partial charge in [0.25, 0.3) is 0 Å². The van der Waals surface area contributed by atoms with E-state index in [2.05, 4.69) is 36.7 Å². The Bertz CT molecular complexity index is 759. The van der Waals surface area contributed by atoms with Crippen LogP contribution in [0, 0.1) is 0 Å². The Balaban J connectivity index is 1.33. The van der Waals surface area contributed by atoms with Gasteiger partial charge in [-0.2, -0.15) is 9.47 Å². The first-order chi connectivity index (χ1) is 12.7. The normalized spacial score (nSPS) is 17.9. The molecule has 2 aliphatic rings. The molecule has 0 radical (unpaired) electrons. The molecule has 2 aromatic rings. The van der Waals surface area contributed by atoms with Gasteiger partial charge in [-0.25, -0.2) is 9.78 Å². The molecule has 1 aliphatic heterocycles. The minimum absolute atomic E-state index is 0.119. The van der Waals surface area contributed by atoms with Crippen LogP contribution in [0.3, 0.4) is 0 Å². The van der Waals surface area contributed by atoms with Crippen LogP contribution in [0.5, 0.6) is 0 Å². The molecule has 8 nitrogen and oxygen atoms in total. The van der Waals surface area contributed by atoms with E-state index in [1.807, 2.05) is 17.0 Å². The van der Waals surface area contributed by atoms with Crippen LogP contribution in [-0.4, -0.2) is 56.7 Å². The maximum Gasteiger partial charge on any atom is 0.323 e. The number of hydrogen-bond acceptors (Lipinski definition) is 7. The van der Waals surface area contributed by atoms with Gasteiger partial charge in [-0.1, -0.05) is 6.92 Å². The lowest BCUT2D eigenvalue weighted by Gasteiger charge is -2.21. The number of aryl methyl sites for hydroxylation is 1. The van der Waals surface area contributed by atoms with Crippen LogP contribution >= 0.6 is 11.5 Å². The molecule has 1 saturated heterocycles. The minimum atomic E-state index is -0.119. The van der Waals surface area contributed by atoms with Gasteiger partial charge >= 0.3 is 6.03 Å². The van der Waals surface area contributed by atoms with E-state index < -0.39 is 0 Å². The fraction of sp³-hybridized carbons (Fsp3) is 0.588. The van der Waals surface area contributed by atoms with Crippen molar-refractivity contribution in [3.05, 3.63) is 23.7 Å². The molecular formula is C17H23N7OS. The Morgan fingerprint density at radius 3 is 2.81 bits per heavy atom. The molecule has 26 heavy (non-hydrogen) atoms. The molecule has 2 fully saturated rings. The summed E-state index contributed by atoms with van der Waals surface area (Å²) in [6, 6.07) is 3.69. The van der Waals surface area contributed by atoms with E-state index in [4.69, 9.17) is 0 Å². The van der Waals surface area contributed by atoms with E-state index >= 15 is 0 Å². The molecule has 1 N–H and O–H groups in total. The third-order valence-corrected chi connectivity index (χ3v) is 5.56. The molecule has 0 aromatic carbocycles. The molecule has 0 bridgehead atoms. The molecule has 1 aliphatic carbocycles. The van der Waals surface area contributed by atoms with E-state index in [-0.39, 0.29) is 6.03 Å². The van der Waals surface area contributed by atoms with Crippen molar-refractivity contribution in [3.8, 4) is 0 Å². The third-order valence-electron chi connectivity index (χ3n) is 4.74. The predicted octanol–water partition coefficient (Wildman–Crippen LogP) is 2.51. The number of nitrogens with zero attached hydrogens (tertiary/aromatic N) is 6. The highest BCUT2D eigenvalue weighted by Gasteiger charge is 2.25. The highest BCUT2D eigenvalue weighted by atomic mass is 32.1. The average molecular weight is 373 g/mol. The Kier molecular flexibility index (Phi) is 4.96. The van der Waals surface area contributed by atoms with Gasteiger partial charge in [-0.15, -0.1) is 5.10 Å². The largest absolute Gasteiger partial charge is 0.345 e. The maximum atomic E-state index is 12.5. The number of rotatable bonds is 4. The molecule has 0 unspecified atom stereocenters. The number of anilines is 2. The zero-order valence-corrected chi connectivity index (χ0v) is 15.7. The number of amides is 2. The van der Waals surface area contributed by atoms with Gasteiger partial charge in [0.1, 0.15) is 5.82 Å². The second kappa shape index (κ2) is 7.53. The zero-order valence-electron chi connectivity index (χ0n) is 14.9. The summed E-state index contributed by atoms with van der Waals surface area (Å²) in [6.07, 6.45) is 4.14. The lowest BCUT2D eigenvalue weighted by Crippen LogP contribution is -2.38. The van der Waals surface area contributed by atoms with Gasteiger partial charge in [0, 0.05) is 50.1 Å². The monoisotopic (exact) mass is 373 g/mol. The van der Waals surface area contributed by atoms with Crippen molar-refractivity contribution >= 4 is 28.5 Å². The van der Waals surface area contributed by atoms with E-state index in [9.17, 15) is 4.79 Å². The SMILES string of the molecule is CCc1nsc(N2CCCN(C(=O)Nc3ccc(C4CC4)nn3)CC2)n1. The van der Waals surface area contributed by atoms with E-state index in [1.54, 1.807) is 0 Å². The fourth-order valence-corrected chi connectivity index (χ4v) is 3.82. The number of hydrogen-bond donors (Lipinski definition) is 1. The topological polar surface area (TPSA) is 87.1 Å². The van der Waals surface area contributed by atoms with Crippen LogP contribution in [0.1, 0.15) is 43.6 Å². The average Bonchev–Trinajstić information content (AvgIpc) is 3.44. The van der Waals surface area contributed by atoms with Crippen LogP contribution < -0.4 is 10.2 Å². The number of aromatic nitrogens is 4. The second-order valence-electron chi connectivity index (χ2n) is 6.72. The minimum Gasteiger partial charge on any atom is -0.345 e. The maximum absolute atomic E-state index is 12.5. The first-order valence-electron chi connectivity index (χ1n) is 9.20. The first kappa shape index (κ1) is 17.1. The summed E-state index contributed by atoms with van der Waals surface area (Å²) in [7, 11) is 0. The fourth-order valence-electron chi connectivity index (χ4n) is 3.02. The first-order valence-corrected chi connectivity index (χ1v) is 9.97. The van der Waals surface area contributed by atoms with E-state index in [0.29, 0.717) is 18.3 Å². The van der Waals surface area contributed by atoms with Crippen molar-refractivity contribution in [1.82, 2.24) is 24.5 Å². The molecule has 138 valence electrons. The molecule has 4 rings (SSSR count). The highest BCUT2D eigenvalue weighted by molar-refractivity contribution is 7.09. The Labute approximate surface area is 156 Å². The van der Waals surface area contributed by atoms with Gasteiger partial charge in [-0.3, -0.25) is 5.32 Å². The van der Waals surface area contributed by atoms with Gasteiger partial charge in [0.15, 0.2) is 5.82 Å². The van der Waals surface area contributed by atoms with Crippen LogP contribution in [0.25, 0.3) is 0 Å². The van der Waals surface area contributed by atoms with Gasteiger partial charge in [-0.05, 0) is 31.4 Å².